The number of rotatable bonds is 1. The molecule has 0 aliphatic heterocycles. The zero-order chi connectivity index (χ0) is 16.1. The number of fused-ring (bicyclic) bond motifs is 3. The number of Topliss-reactive ketones (excluding diaryl/α,β-unsaturated/α-hetero) is 1. The number of esters is 1. The van der Waals surface area contributed by atoms with Crippen molar-refractivity contribution < 1.29 is 14.3 Å². The molecule has 0 heterocycles. The summed E-state index contributed by atoms with van der Waals surface area (Å²) in [5.74, 6) is 0.702. The molecule has 3 rings (SSSR count). The molecule has 3 aliphatic rings. The van der Waals surface area contributed by atoms with E-state index in [1.54, 1.807) is 0 Å². The molecular formula is C19H26O3. The SMILES string of the molecule is C=C1C=C2C3(C)CCC(=O)[C@H](C)C3CC[C@@]2(C(=O)OC)CC1. The fraction of sp³-hybridized carbons (Fsp3) is 0.684. The van der Waals surface area contributed by atoms with Gasteiger partial charge in [-0.1, -0.05) is 32.1 Å². The summed E-state index contributed by atoms with van der Waals surface area (Å²) in [6.45, 7) is 8.44. The standard InChI is InChI=1S/C19H26O3/c1-12-5-9-19(17(21)22-4)10-6-14-13(2)15(20)7-8-18(14,3)16(19)11-12/h11,13-14H,1,5-10H2,2-4H3/t13-,14?,18?,19+/m1/s1. The van der Waals surface area contributed by atoms with Gasteiger partial charge in [-0.3, -0.25) is 9.59 Å². The number of allylic oxidation sites excluding steroid dienone is 2. The van der Waals surface area contributed by atoms with Crippen LogP contribution in [0.3, 0.4) is 0 Å². The number of hydrogen-bond acceptors (Lipinski definition) is 3. The number of carbonyl (C=O) groups excluding carboxylic acids is 2. The van der Waals surface area contributed by atoms with Gasteiger partial charge in [-0.25, -0.2) is 0 Å². The highest BCUT2D eigenvalue weighted by atomic mass is 16.5. The fourth-order valence-corrected chi connectivity index (χ4v) is 5.28. The Balaban J connectivity index is 2.11. The van der Waals surface area contributed by atoms with Crippen LogP contribution in [0, 0.1) is 22.7 Å². The number of methoxy groups -OCH3 is 1. The van der Waals surface area contributed by atoms with E-state index in [9.17, 15) is 9.59 Å². The van der Waals surface area contributed by atoms with Gasteiger partial charge in [0.1, 0.15) is 5.78 Å². The van der Waals surface area contributed by atoms with Gasteiger partial charge >= 0.3 is 5.97 Å². The van der Waals surface area contributed by atoms with E-state index in [-0.39, 0.29) is 17.3 Å². The topological polar surface area (TPSA) is 43.4 Å². The van der Waals surface area contributed by atoms with Crippen molar-refractivity contribution in [1.82, 2.24) is 0 Å². The highest BCUT2D eigenvalue weighted by molar-refractivity contribution is 5.85. The van der Waals surface area contributed by atoms with Gasteiger partial charge in [0.15, 0.2) is 0 Å². The maximum Gasteiger partial charge on any atom is 0.315 e. The first-order valence-corrected chi connectivity index (χ1v) is 8.37. The zero-order valence-corrected chi connectivity index (χ0v) is 13.9. The predicted octanol–water partition coefficient (Wildman–Crippen LogP) is 3.84. The summed E-state index contributed by atoms with van der Waals surface area (Å²) >= 11 is 0. The van der Waals surface area contributed by atoms with Crippen molar-refractivity contribution in [3.05, 3.63) is 23.8 Å². The van der Waals surface area contributed by atoms with Crippen LogP contribution in [0.2, 0.25) is 0 Å². The Morgan fingerprint density at radius 2 is 2.05 bits per heavy atom. The van der Waals surface area contributed by atoms with E-state index in [4.69, 9.17) is 4.74 Å². The predicted molar refractivity (Wildman–Crippen MR) is 85.1 cm³/mol. The summed E-state index contributed by atoms with van der Waals surface area (Å²) in [6.07, 6.45) is 7.00. The quantitative estimate of drug-likeness (QED) is 0.691. The highest BCUT2D eigenvalue weighted by Gasteiger charge is 2.59. The molecule has 0 N–H and O–H groups in total. The molecule has 0 spiro atoms. The summed E-state index contributed by atoms with van der Waals surface area (Å²) in [7, 11) is 1.49. The Morgan fingerprint density at radius 3 is 2.73 bits per heavy atom. The lowest BCUT2D eigenvalue weighted by molar-refractivity contribution is -0.156. The molecular weight excluding hydrogens is 276 g/mol. The van der Waals surface area contributed by atoms with Crippen LogP contribution >= 0.6 is 0 Å². The lowest BCUT2D eigenvalue weighted by atomic mass is 9.46. The summed E-state index contributed by atoms with van der Waals surface area (Å²) in [4.78, 5) is 24.8. The molecule has 3 nitrogen and oxygen atoms in total. The van der Waals surface area contributed by atoms with Gasteiger partial charge in [-0.15, -0.1) is 0 Å². The first-order chi connectivity index (χ1) is 10.3. The van der Waals surface area contributed by atoms with Crippen LogP contribution in [0.5, 0.6) is 0 Å². The van der Waals surface area contributed by atoms with Crippen molar-refractivity contribution >= 4 is 11.8 Å². The zero-order valence-electron chi connectivity index (χ0n) is 13.9. The van der Waals surface area contributed by atoms with Crippen LogP contribution in [0.4, 0.5) is 0 Å². The third-order valence-corrected chi connectivity index (χ3v) is 6.63. The number of ether oxygens (including phenoxy) is 1. The molecule has 3 aliphatic carbocycles. The first-order valence-electron chi connectivity index (χ1n) is 8.37. The van der Waals surface area contributed by atoms with Crippen LogP contribution < -0.4 is 0 Å². The Labute approximate surface area is 132 Å². The average molecular weight is 302 g/mol. The Hall–Kier alpha value is -1.38. The van der Waals surface area contributed by atoms with Gasteiger partial charge in [-0.05, 0) is 49.0 Å². The molecule has 2 fully saturated rings. The van der Waals surface area contributed by atoms with Crippen molar-refractivity contribution in [3.8, 4) is 0 Å². The van der Waals surface area contributed by atoms with Crippen molar-refractivity contribution in [1.29, 1.82) is 0 Å². The smallest absolute Gasteiger partial charge is 0.315 e. The van der Waals surface area contributed by atoms with Crippen molar-refractivity contribution in [2.45, 2.75) is 52.4 Å². The molecule has 0 aromatic rings. The second-order valence-corrected chi connectivity index (χ2v) is 7.61. The minimum absolute atomic E-state index is 0.0802. The molecule has 3 heteroatoms. The molecule has 0 radical (unpaired) electrons. The van der Waals surface area contributed by atoms with Crippen LogP contribution in [-0.2, 0) is 14.3 Å². The van der Waals surface area contributed by atoms with Gasteiger partial charge in [0.2, 0.25) is 0 Å². The van der Waals surface area contributed by atoms with E-state index < -0.39 is 5.41 Å². The number of hydrogen-bond donors (Lipinski definition) is 0. The second-order valence-electron chi connectivity index (χ2n) is 7.61. The largest absolute Gasteiger partial charge is 0.468 e. The molecule has 0 amide bonds. The van der Waals surface area contributed by atoms with Gasteiger partial charge in [-0.2, -0.15) is 0 Å². The molecule has 120 valence electrons. The van der Waals surface area contributed by atoms with E-state index in [2.05, 4.69) is 26.5 Å². The molecule has 0 aromatic carbocycles. The Bertz CT molecular complexity index is 573. The Morgan fingerprint density at radius 1 is 1.32 bits per heavy atom. The molecule has 0 saturated heterocycles. The van der Waals surface area contributed by atoms with Crippen molar-refractivity contribution in [2.75, 3.05) is 7.11 Å². The van der Waals surface area contributed by atoms with E-state index in [1.165, 1.54) is 12.7 Å². The van der Waals surface area contributed by atoms with Crippen LogP contribution in [-0.4, -0.2) is 18.9 Å². The first kappa shape index (κ1) is 15.5. The summed E-state index contributed by atoms with van der Waals surface area (Å²) < 4.78 is 5.18. The normalized spacial score (nSPS) is 41.3. The number of carbonyl (C=O) groups is 2. The lowest BCUT2D eigenvalue weighted by Gasteiger charge is -2.56. The van der Waals surface area contributed by atoms with E-state index in [0.717, 1.165) is 37.7 Å². The number of ketones is 1. The maximum absolute atomic E-state index is 12.6. The highest BCUT2D eigenvalue weighted by Crippen LogP contribution is 2.63. The minimum atomic E-state index is -0.485. The van der Waals surface area contributed by atoms with Gasteiger partial charge in [0.25, 0.3) is 0 Å². The average Bonchev–Trinajstić information content (AvgIpc) is 2.51. The third kappa shape index (κ3) is 1.94. The van der Waals surface area contributed by atoms with Gasteiger partial charge < -0.3 is 4.74 Å². The van der Waals surface area contributed by atoms with E-state index >= 15 is 0 Å². The molecule has 0 aromatic heterocycles. The Kier molecular flexibility index (Phi) is 3.58. The summed E-state index contributed by atoms with van der Waals surface area (Å²) in [5.41, 5.74) is 1.73. The molecule has 22 heavy (non-hydrogen) atoms. The van der Waals surface area contributed by atoms with Gasteiger partial charge in [0.05, 0.1) is 12.5 Å². The molecule has 2 saturated carbocycles. The summed E-state index contributed by atoms with van der Waals surface area (Å²) in [5, 5.41) is 0. The maximum atomic E-state index is 12.6. The molecule has 0 bridgehead atoms. The lowest BCUT2D eigenvalue weighted by Crippen LogP contribution is -2.53. The fourth-order valence-electron chi connectivity index (χ4n) is 5.28. The summed E-state index contributed by atoms with van der Waals surface area (Å²) in [6, 6.07) is 0. The molecule has 4 atom stereocenters. The molecule has 2 unspecified atom stereocenters. The van der Waals surface area contributed by atoms with Crippen molar-refractivity contribution in [2.24, 2.45) is 22.7 Å². The van der Waals surface area contributed by atoms with Crippen molar-refractivity contribution in [3.63, 3.8) is 0 Å². The van der Waals surface area contributed by atoms with Crippen LogP contribution in [0.15, 0.2) is 23.8 Å². The monoisotopic (exact) mass is 302 g/mol. The van der Waals surface area contributed by atoms with E-state index in [1.807, 2.05) is 0 Å². The van der Waals surface area contributed by atoms with E-state index in [0.29, 0.717) is 18.1 Å². The third-order valence-electron chi connectivity index (χ3n) is 6.63. The van der Waals surface area contributed by atoms with Gasteiger partial charge in [0, 0.05) is 12.3 Å². The van der Waals surface area contributed by atoms with Crippen LogP contribution in [0.25, 0.3) is 0 Å². The minimum Gasteiger partial charge on any atom is -0.468 e. The second kappa shape index (κ2) is 5.07. The van der Waals surface area contributed by atoms with Crippen LogP contribution in [0.1, 0.15) is 52.4 Å².